The maximum Gasteiger partial charge on any atom is 0.253 e. The molecule has 0 aromatic heterocycles. The molecule has 0 saturated heterocycles. The number of carbonyl (C=O) groups is 1. The Morgan fingerprint density at radius 3 is 2.62 bits per heavy atom. The lowest BCUT2D eigenvalue weighted by molar-refractivity contribution is 0.0827. The van der Waals surface area contributed by atoms with Crippen molar-refractivity contribution in [2.75, 3.05) is 33.7 Å². The van der Waals surface area contributed by atoms with Gasteiger partial charge in [0.1, 0.15) is 6.10 Å². The molecule has 0 fully saturated rings. The number of guanidine groups is 1. The average molecular weight is 417 g/mol. The number of hydrogen-bond acceptors (Lipinski definition) is 3. The van der Waals surface area contributed by atoms with Crippen LogP contribution in [-0.4, -0.2) is 55.6 Å². The number of aliphatic hydroxyl groups excluding tert-OH is 1. The normalized spacial score (nSPS) is 12.4. The molecule has 0 bridgehead atoms. The molecule has 6 nitrogen and oxygen atoms in total. The number of nitrogens with zero attached hydrogens (tertiary/aromatic N) is 2. The van der Waals surface area contributed by atoms with Crippen LogP contribution in [0.15, 0.2) is 53.5 Å². The van der Waals surface area contributed by atoms with Gasteiger partial charge in [0.2, 0.25) is 0 Å². The molecule has 156 valence electrons. The van der Waals surface area contributed by atoms with Crippen molar-refractivity contribution in [2.45, 2.75) is 19.4 Å². The molecule has 2 rings (SSSR count). The van der Waals surface area contributed by atoms with E-state index in [4.69, 9.17) is 11.6 Å². The Bertz CT molecular complexity index is 839. The van der Waals surface area contributed by atoms with E-state index in [1.54, 1.807) is 31.1 Å². The number of nitrogens with one attached hydrogen (secondary N) is 2. The molecule has 1 amide bonds. The van der Waals surface area contributed by atoms with Gasteiger partial charge in [0.05, 0.1) is 6.54 Å². The van der Waals surface area contributed by atoms with Crippen LogP contribution in [0.4, 0.5) is 0 Å². The van der Waals surface area contributed by atoms with E-state index in [0.717, 1.165) is 12.0 Å². The van der Waals surface area contributed by atoms with Gasteiger partial charge in [-0.2, -0.15) is 0 Å². The van der Waals surface area contributed by atoms with Crippen LogP contribution in [0.25, 0.3) is 0 Å². The highest BCUT2D eigenvalue weighted by Crippen LogP contribution is 2.22. The molecule has 29 heavy (non-hydrogen) atoms. The monoisotopic (exact) mass is 416 g/mol. The Balaban J connectivity index is 1.94. The van der Waals surface area contributed by atoms with Crippen LogP contribution in [0.1, 0.15) is 34.5 Å². The summed E-state index contributed by atoms with van der Waals surface area (Å²) in [5, 5.41) is 17.3. The van der Waals surface area contributed by atoms with Crippen LogP contribution in [0.3, 0.4) is 0 Å². The third-order valence-electron chi connectivity index (χ3n) is 4.32. The molecule has 7 heteroatoms. The van der Waals surface area contributed by atoms with Gasteiger partial charge in [-0.1, -0.05) is 41.9 Å². The smallest absolute Gasteiger partial charge is 0.253 e. The average Bonchev–Trinajstić information content (AvgIpc) is 2.71. The number of rotatable bonds is 8. The number of aliphatic hydroxyl groups is 1. The first kappa shape index (κ1) is 22.7. The largest absolute Gasteiger partial charge is 0.386 e. The minimum Gasteiger partial charge on any atom is -0.386 e. The van der Waals surface area contributed by atoms with E-state index in [1.807, 2.05) is 43.3 Å². The van der Waals surface area contributed by atoms with Crippen LogP contribution in [0.2, 0.25) is 5.02 Å². The van der Waals surface area contributed by atoms with Crippen LogP contribution in [-0.2, 0) is 6.42 Å². The number of carbonyl (C=O) groups excluding carboxylic acids is 1. The van der Waals surface area contributed by atoms with Crippen LogP contribution < -0.4 is 10.6 Å². The molecule has 0 aliphatic rings. The highest BCUT2D eigenvalue weighted by Gasteiger charge is 2.11. The highest BCUT2D eigenvalue weighted by atomic mass is 35.5. The van der Waals surface area contributed by atoms with Crippen molar-refractivity contribution in [3.05, 3.63) is 70.2 Å². The van der Waals surface area contributed by atoms with Gasteiger partial charge in [0.25, 0.3) is 5.91 Å². The summed E-state index contributed by atoms with van der Waals surface area (Å²) in [4.78, 5) is 18.1. The van der Waals surface area contributed by atoms with Crippen molar-refractivity contribution in [1.29, 1.82) is 0 Å². The topological polar surface area (TPSA) is 77.0 Å². The standard InChI is InChI=1S/C22H29ClN4O2/c1-4-24-22(26-15-20(28)18-10-5-6-11-19(18)23)25-13-12-16-8-7-9-17(14-16)21(29)27(2)3/h5-11,14,20,28H,4,12-13,15H2,1-3H3,(H2,24,25,26). The molecule has 0 radical (unpaired) electrons. The molecular formula is C22H29ClN4O2. The molecule has 1 unspecified atom stereocenters. The number of halogens is 1. The lowest BCUT2D eigenvalue weighted by Crippen LogP contribution is -2.38. The van der Waals surface area contributed by atoms with Crippen molar-refractivity contribution >= 4 is 23.5 Å². The Morgan fingerprint density at radius 1 is 1.17 bits per heavy atom. The lowest BCUT2D eigenvalue weighted by Gasteiger charge is -2.14. The van der Waals surface area contributed by atoms with Gasteiger partial charge >= 0.3 is 0 Å². The van der Waals surface area contributed by atoms with Gasteiger partial charge in [-0.15, -0.1) is 0 Å². The van der Waals surface area contributed by atoms with Crippen LogP contribution in [0, 0.1) is 0 Å². The fourth-order valence-electron chi connectivity index (χ4n) is 2.81. The Kier molecular flexibility index (Phi) is 8.96. The van der Waals surface area contributed by atoms with Gasteiger partial charge in [-0.25, -0.2) is 0 Å². The third kappa shape index (κ3) is 7.07. The molecule has 0 aliphatic carbocycles. The van der Waals surface area contributed by atoms with Crippen LogP contribution in [0.5, 0.6) is 0 Å². The highest BCUT2D eigenvalue weighted by molar-refractivity contribution is 6.31. The van der Waals surface area contributed by atoms with Crippen molar-refractivity contribution in [3.8, 4) is 0 Å². The molecule has 0 saturated carbocycles. The molecule has 0 heterocycles. The number of amides is 1. The summed E-state index contributed by atoms with van der Waals surface area (Å²) < 4.78 is 0. The molecule has 1 atom stereocenters. The summed E-state index contributed by atoms with van der Waals surface area (Å²) in [7, 11) is 3.49. The van der Waals surface area contributed by atoms with E-state index >= 15 is 0 Å². The molecule has 2 aromatic carbocycles. The summed E-state index contributed by atoms with van der Waals surface area (Å²) in [6, 6.07) is 14.8. The molecule has 0 aliphatic heterocycles. The summed E-state index contributed by atoms with van der Waals surface area (Å²) in [6.07, 6.45) is -0.0284. The fraction of sp³-hybridized carbons (Fsp3) is 0.364. The second-order valence-corrected chi connectivity index (χ2v) is 7.24. The molecular weight excluding hydrogens is 388 g/mol. The van der Waals surface area contributed by atoms with E-state index in [1.165, 1.54) is 0 Å². The van der Waals surface area contributed by atoms with Crippen molar-refractivity contribution in [1.82, 2.24) is 15.5 Å². The quantitative estimate of drug-likeness (QED) is 0.457. The molecule has 2 aromatic rings. The SMILES string of the molecule is CCNC(=NCC(O)c1ccccc1Cl)NCCc1cccc(C(=O)N(C)C)c1. The first-order valence-electron chi connectivity index (χ1n) is 9.67. The van der Waals surface area contributed by atoms with Crippen molar-refractivity contribution < 1.29 is 9.90 Å². The summed E-state index contributed by atoms with van der Waals surface area (Å²) >= 11 is 6.13. The number of benzene rings is 2. The Labute approximate surface area is 177 Å². The third-order valence-corrected chi connectivity index (χ3v) is 4.66. The first-order chi connectivity index (χ1) is 13.9. The lowest BCUT2D eigenvalue weighted by atomic mass is 10.1. The van der Waals surface area contributed by atoms with Gasteiger partial charge in [0.15, 0.2) is 5.96 Å². The zero-order chi connectivity index (χ0) is 21.2. The van der Waals surface area contributed by atoms with E-state index in [-0.39, 0.29) is 12.5 Å². The number of aliphatic imine (C=N–C) groups is 1. The minimum absolute atomic E-state index is 0.0109. The predicted octanol–water partition coefficient (Wildman–Crippen LogP) is 2.87. The van der Waals surface area contributed by atoms with E-state index in [9.17, 15) is 9.90 Å². The second kappa shape index (κ2) is 11.4. The summed E-state index contributed by atoms with van der Waals surface area (Å²) in [5.74, 6) is 0.613. The van der Waals surface area contributed by atoms with E-state index in [2.05, 4.69) is 15.6 Å². The minimum atomic E-state index is -0.770. The van der Waals surface area contributed by atoms with Crippen LogP contribution >= 0.6 is 11.6 Å². The summed E-state index contributed by atoms with van der Waals surface area (Å²) in [5.41, 5.74) is 2.41. The van der Waals surface area contributed by atoms with Gasteiger partial charge in [-0.3, -0.25) is 9.79 Å². The van der Waals surface area contributed by atoms with Crippen molar-refractivity contribution in [2.24, 2.45) is 4.99 Å². The molecule has 0 spiro atoms. The zero-order valence-electron chi connectivity index (χ0n) is 17.2. The Morgan fingerprint density at radius 2 is 1.93 bits per heavy atom. The number of hydrogen-bond donors (Lipinski definition) is 3. The molecule has 3 N–H and O–H groups in total. The predicted molar refractivity (Wildman–Crippen MR) is 119 cm³/mol. The van der Waals surface area contributed by atoms with E-state index in [0.29, 0.717) is 35.2 Å². The maximum absolute atomic E-state index is 12.1. The maximum atomic E-state index is 12.1. The Hall–Kier alpha value is -2.57. The van der Waals surface area contributed by atoms with Gasteiger partial charge in [0, 0.05) is 43.3 Å². The van der Waals surface area contributed by atoms with E-state index < -0.39 is 6.10 Å². The van der Waals surface area contributed by atoms with Gasteiger partial charge < -0.3 is 20.6 Å². The fourth-order valence-corrected chi connectivity index (χ4v) is 3.07. The zero-order valence-corrected chi connectivity index (χ0v) is 17.9. The van der Waals surface area contributed by atoms with Crippen molar-refractivity contribution in [3.63, 3.8) is 0 Å². The second-order valence-electron chi connectivity index (χ2n) is 6.83. The summed E-state index contributed by atoms with van der Waals surface area (Å²) in [6.45, 7) is 3.54. The first-order valence-corrected chi connectivity index (χ1v) is 10.1. The van der Waals surface area contributed by atoms with Gasteiger partial charge in [-0.05, 0) is 37.1 Å².